The van der Waals surface area contributed by atoms with Gasteiger partial charge in [0.05, 0.1) is 6.08 Å². The second kappa shape index (κ2) is 5.22. The van der Waals surface area contributed by atoms with E-state index in [2.05, 4.69) is 9.62 Å². The summed E-state index contributed by atoms with van der Waals surface area (Å²) in [4.78, 5) is 20.0. The molecule has 0 aromatic heterocycles. The largest absolute Gasteiger partial charge is 0.369 e. The SMILES string of the molecule is C#COC(=O)C=COOC(C)(C)C. The number of ether oxygens (including phenoxy) is 1. The van der Waals surface area contributed by atoms with Crippen LogP contribution < -0.4 is 0 Å². The summed E-state index contributed by atoms with van der Waals surface area (Å²) in [6, 6.07) is 0. The van der Waals surface area contributed by atoms with Gasteiger partial charge in [0.15, 0.2) is 0 Å². The van der Waals surface area contributed by atoms with Crippen molar-refractivity contribution in [3.8, 4) is 12.5 Å². The minimum absolute atomic E-state index is 0.430. The molecule has 0 aromatic carbocycles. The van der Waals surface area contributed by atoms with E-state index in [-0.39, 0.29) is 0 Å². The first kappa shape index (κ1) is 11.5. The molecule has 0 unspecified atom stereocenters. The van der Waals surface area contributed by atoms with Crippen LogP contribution in [-0.2, 0) is 19.3 Å². The van der Waals surface area contributed by atoms with Gasteiger partial charge in [-0.05, 0) is 20.8 Å². The molecular weight excluding hydrogens is 172 g/mol. The molecule has 0 spiro atoms. The van der Waals surface area contributed by atoms with Crippen molar-refractivity contribution in [2.45, 2.75) is 26.4 Å². The van der Waals surface area contributed by atoms with Crippen LogP contribution in [0.5, 0.6) is 0 Å². The highest BCUT2D eigenvalue weighted by Crippen LogP contribution is 2.06. The first-order chi connectivity index (χ1) is 5.95. The molecule has 4 heteroatoms. The third-order valence-electron chi connectivity index (χ3n) is 0.717. The predicted octanol–water partition coefficient (Wildman–Crippen LogP) is 1.38. The van der Waals surface area contributed by atoms with Crippen molar-refractivity contribution in [3.63, 3.8) is 0 Å². The molecule has 0 rings (SSSR count). The van der Waals surface area contributed by atoms with Gasteiger partial charge < -0.3 is 9.62 Å². The van der Waals surface area contributed by atoms with Crippen LogP contribution in [-0.4, -0.2) is 11.6 Å². The summed E-state index contributed by atoms with van der Waals surface area (Å²) >= 11 is 0. The number of hydrogen-bond donors (Lipinski definition) is 0. The molecule has 0 aliphatic rings. The number of esters is 1. The zero-order valence-electron chi connectivity index (χ0n) is 7.87. The van der Waals surface area contributed by atoms with Gasteiger partial charge in [0.1, 0.15) is 18.0 Å². The molecule has 0 aromatic rings. The molecule has 0 amide bonds. The predicted molar refractivity (Wildman–Crippen MR) is 46.0 cm³/mol. The van der Waals surface area contributed by atoms with E-state index in [0.717, 1.165) is 12.3 Å². The fourth-order valence-electron chi connectivity index (χ4n) is 0.348. The first-order valence-corrected chi connectivity index (χ1v) is 3.63. The fraction of sp³-hybridized carbons (Fsp3) is 0.444. The molecule has 0 heterocycles. The highest BCUT2D eigenvalue weighted by atomic mass is 17.2. The first-order valence-electron chi connectivity index (χ1n) is 3.63. The zero-order chi connectivity index (χ0) is 10.3. The standard InChI is InChI=1S/C9H12O4/c1-5-11-8(10)6-7-12-13-9(2,3)4/h1,6-7H,2-4H3. The van der Waals surface area contributed by atoms with Gasteiger partial charge in [0.2, 0.25) is 0 Å². The number of terminal acetylenes is 1. The summed E-state index contributed by atoms with van der Waals surface area (Å²) < 4.78 is 4.14. The lowest BCUT2D eigenvalue weighted by Crippen LogP contribution is -2.17. The van der Waals surface area contributed by atoms with Crippen LogP contribution in [0.3, 0.4) is 0 Å². The molecule has 0 aliphatic carbocycles. The molecule has 0 radical (unpaired) electrons. The number of hydrogen-bond acceptors (Lipinski definition) is 4. The average Bonchev–Trinajstić information content (AvgIpc) is 1.97. The Morgan fingerprint density at radius 3 is 2.54 bits per heavy atom. The van der Waals surface area contributed by atoms with Gasteiger partial charge in [-0.15, -0.1) is 0 Å². The molecule has 0 aliphatic heterocycles. The van der Waals surface area contributed by atoms with E-state index in [1.54, 1.807) is 26.9 Å². The molecule has 4 nitrogen and oxygen atoms in total. The van der Waals surface area contributed by atoms with Gasteiger partial charge in [-0.2, -0.15) is 4.89 Å². The molecule has 72 valence electrons. The lowest BCUT2D eigenvalue weighted by molar-refractivity contribution is -0.310. The Bertz CT molecular complexity index is 229. The summed E-state index contributed by atoms with van der Waals surface area (Å²) in [6.45, 7) is 5.42. The Balaban J connectivity index is 3.66. The van der Waals surface area contributed by atoms with E-state index in [1.165, 1.54) is 0 Å². The summed E-state index contributed by atoms with van der Waals surface area (Å²) in [5.41, 5.74) is -0.430. The minimum atomic E-state index is -0.681. The van der Waals surface area contributed by atoms with Gasteiger partial charge in [0.25, 0.3) is 0 Å². The lowest BCUT2D eigenvalue weighted by atomic mass is 10.2. The zero-order valence-corrected chi connectivity index (χ0v) is 7.87. The maximum atomic E-state index is 10.6. The molecule has 0 N–H and O–H groups in total. The highest BCUT2D eigenvalue weighted by molar-refractivity contribution is 5.82. The smallest absolute Gasteiger partial charge is 0.347 e. The quantitative estimate of drug-likeness (QED) is 0.166. The maximum absolute atomic E-state index is 10.6. The number of carbonyl (C=O) groups is 1. The van der Waals surface area contributed by atoms with Crippen LogP contribution in [0.25, 0.3) is 0 Å². The van der Waals surface area contributed by atoms with Crippen LogP contribution in [0.2, 0.25) is 0 Å². The molecule has 0 saturated carbocycles. The molecule has 0 fully saturated rings. The van der Waals surface area contributed by atoms with Crippen LogP contribution in [0.15, 0.2) is 12.3 Å². The normalized spacial score (nSPS) is 10.9. The minimum Gasteiger partial charge on any atom is -0.369 e. The third-order valence-corrected chi connectivity index (χ3v) is 0.717. The second-order valence-electron chi connectivity index (χ2n) is 3.13. The van der Waals surface area contributed by atoms with Crippen molar-refractivity contribution >= 4 is 5.97 Å². The van der Waals surface area contributed by atoms with Gasteiger partial charge >= 0.3 is 5.97 Å². The number of rotatable bonds is 3. The third kappa shape index (κ3) is 8.44. The Kier molecular flexibility index (Phi) is 4.63. The van der Waals surface area contributed by atoms with Crippen molar-refractivity contribution in [1.82, 2.24) is 0 Å². The van der Waals surface area contributed by atoms with Gasteiger partial charge in [0, 0.05) is 0 Å². The summed E-state index contributed by atoms with van der Waals surface area (Å²) in [7, 11) is 0. The Morgan fingerprint density at radius 1 is 1.46 bits per heavy atom. The molecule has 0 saturated heterocycles. The summed E-state index contributed by atoms with van der Waals surface area (Å²) in [5, 5.41) is 0. The van der Waals surface area contributed by atoms with E-state index in [0.29, 0.717) is 0 Å². The van der Waals surface area contributed by atoms with Crippen molar-refractivity contribution in [2.24, 2.45) is 0 Å². The maximum Gasteiger partial charge on any atom is 0.347 e. The molecule has 0 atom stereocenters. The highest BCUT2D eigenvalue weighted by Gasteiger charge is 2.10. The fourth-order valence-corrected chi connectivity index (χ4v) is 0.348. The topological polar surface area (TPSA) is 44.8 Å². The van der Waals surface area contributed by atoms with Gasteiger partial charge in [-0.3, -0.25) is 0 Å². The van der Waals surface area contributed by atoms with Crippen molar-refractivity contribution in [3.05, 3.63) is 12.3 Å². The molecule has 0 bridgehead atoms. The summed E-state index contributed by atoms with van der Waals surface area (Å²) in [5.74, 6) is -0.681. The average molecular weight is 184 g/mol. The van der Waals surface area contributed by atoms with E-state index in [9.17, 15) is 4.79 Å². The van der Waals surface area contributed by atoms with Crippen molar-refractivity contribution < 1.29 is 19.3 Å². The van der Waals surface area contributed by atoms with Gasteiger partial charge in [-0.1, -0.05) is 6.42 Å². The van der Waals surface area contributed by atoms with Crippen molar-refractivity contribution in [2.75, 3.05) is 0 Å². The van der Waals surface area contributed by atoms with E-state index in [4.69, 9.17) is 11.3 Å². The molecular formula is C9H12O4. The van der Waals surface area contributed by atoms with E-state index < -0.39 is 11.6 Å². The Morgan fingerprint density at radius 2 is 2.08 bits per heavy atom. The van der Waals surface area contributed by atoms with Crippen LogP contribution in [0.1, 0.15) is 20.8 Å². The van der Waals surface area contributed by atoms with E-state index >= 15 is 0 Å². The second-order valence-corrected chi connectivity index (χ2v) is 3.13. The Labute approximate surface area is 77.4 Å². The summed E-state index contributed by atoms with van der Waals surface area (Å²) in [6.07, 6.45) is 8.51. The number of carbonyl (C=O) groups excluding carboxylic acids is 1. The van der Waals surface area contributed by atoms with Crippen molar-refractivity contribution in [1.29, 1.82) is 0 Å². The Hall–Kier alpha value is -1.47. The van der Waals surface area contributed by atoms with Crippen LogP contribution >= 0.6 is 0 Å². The molecule has 13 heavy (non-hydrogen) atoms. The van der Waals surface area contributed by atoms with Crippen LogP contribution in [0.4, 0.5) is 0 Å². The lowest BCUT2D eigenvalue weighted by Gasteiger charge is -2.15. The van der Waals surface area contributed by atoms with Crippen LogP contribution in [0, 0.1) is 12.5 Å². The monoisotopic (exact) mass is 184 g/mol. The van der Waals surface area contributed by atoms with Gasteiger partial charge in [-0.25, -0.2) is 4.79 Å². The van der Waals surface area contributed by atoms with E-state index in [1.807, 2.05) is 0 Å².